The molecule has 0 radical (unpaired) electrons. The Morgan fingerprint density at radius 3 is 0.789 bits per heavy atom. The van der Waals surface area contributed by atoms with Crippen molar-refractivity contribution in [2.75, 3.05) is 0 Å². The summed E-state index contributed by atoms with van der Waals surface area (Å²) in [5.74, 6) is 0. The van der Waals surface area contributed by atoms with Crippen molar-refractivity contribution in [2.24, 2.45) is 0 Å². The monoisotopic (exact) mass is 388 g/mol. The normalized spacial score (nSPS) is 14.3. The average Bonchev–Trinajstić information content (AvgIpc) is 1.67. The first-order valence-corrected chi connectivity index (χ1v) is 5.86. The summed E-state index contributed by atoms with van der Waals surface area (Å²) in [6.07, 6.45) is -14.3. The molecule has 104 valence electrons. The smallest absolute Gasteiger partial charge is 0.746 e. The van der Waals surface area contributed by atoms with Gasteiger partial charge < -0.3 is 9.11 Å². The van der Waals surface area contributed by atoms with Crippen LogP contribution in [0.3, 0.4) is 0 Å². The quantitative estimate of drug-likeness (QED) is 0.264. The molecule has 0 atom stereocenters. The third kappa shape index (κ3) is 4.82. The fourth-order valence-corrected chi connectivity index (χ4v) is 2.99. The third-order valence-corrected chi connectivity index (χ3v) is 5.01. The van der Waals surface area contributed by atoms with Gasteiger partial charge in [0.2, 0.25) is 0 Å². The Morgan fingerprint density at radius 1 is 0.632 bits per heavy atom. The van der Waals surface area contributed by atoms with E-state index in [-0.39, 0.29) is 103 Å². The summed E-state index contributed by atoms with van der Waals surface area (Å²) < 4.78 is 125. The maximum Gasteiger partial charge on any atom is 1.00 e. The Balaban J connectivity index is -0.00000128. The molecule has 0 unspecified atom stereocenters. The minimum absolute atomic E-state index is 0. The van der Waals surface area contributed by atoms with Gasteiger partial charge in [0.15, 0.2) is 0 Å². The topological polar surface area (TPSA) is 114 Å². The van der Waals surface area contributed by atoms with Crippen LogP contribution >= 0.6 is 0 Å². The van der Waals surface area contributed by atoms with Gasteiger partial charge in [-0.05, 0) is 0 Å². The summed E-state index contributed by atoms with van der Waals surface area (Å²) in [5.41, 5.74) is 0. The predicted molar refractivity (Wildman–Crippen MR) is 34.2 cm³/mol. The van der Waals surface area contributed by atoms with Crippen LogP contribution in [0.5, 0.6) is 0 Å². The van der Waals surface area contributed by atoms with Crippen LogP contribution in [0.15, 0.2) is 0 Å². The third-order valence-electron chi connectivity index (χ3n) is 1.45. The van der Waals surface area contributed by atoms with Crippen molar-refractivity contribution in [3.63, 3.8) is 0 Å². The van der Waals surface area contributed by atoms with Gasteiger partial charge >= 0.3 is 119 Å². The first-order chi connectivity index (χ1) is 7.00. The number of hydrogen-bond acceptors (Lipinski definition) is 6. The molecule has 0 aliphatic heterocycles. The Hall–Kier alpha value is 2.67. The van der Waals surface area contributed by atoms with E-state index in [0.717, 1.165) is 0 Å². The molecule has 19 heavy (non-hydrogen) atoms. The zero-order valence-electron chi connectivity index (χ0n) is 9.03. The first-order valence-electron chi connectivity index (χ1n) is 3.04. The Labute approximate surface area is 188 Å². The molecule has 0 amide bonds. The molecule has 0 aromatic heterocycles. The zero-order chi connectivity index (χ0) is 14.5. The van der Waals surface area contributed by atoms with Crippen LogP contribution in [-0.4, -0.2) is 42.4 Å². The van der Waals surface area contributed by atoms with Gasteiger partial charge in [-0.15, -0.1) is 0 Å². The molecular formula is C3F6K2O6S2. The van der Waals surface area contributed by atoms with E-state index in [1.807, 2.05) is 0 Å². The van der Waals surface area contributed by atoms with Crippen LogP contribution in [0.2, 0.25) is 0 Å². The van der Waals surface area contributed by atoms with Gasteiger partial charge in [-0.25, -0.2) is 16.8 Å². The van der Waals surface area contributed by atoms with Crippen LogP contribution in [0.4, 0.5) is 26.3 Å². The summed E-state index contributed by atoms with van der Waals surface area (Å²) in [4.78, 5) is 0. The van der Waals surface area contributed by atoms with Crippen LogP contribution in [0.1, 0.15) is 0 Å². The molecule has 0 bridgehead atoms. The average molecular weight is 388 g/mol. The van der Waals surface area contributed by atoms with Gasteiger partial charge in [-0.1, -0.05) is 0 Å². The fourth-order valence-electron chi connectivity index (χ4n) is 0.853. The molecule has 0 aliphatic rings. The van der Waals surface area contributed by atoms with E-state index in [1.54, 1.807) is 0 Å². The molecule has 0 rings (SSSR count). The van der Waals surface area contributed by atoms with Crippen LogP contribution in [0.25, 0.3) is 0 Å². The summed E-state index contributed by atoms with van der Waals surface area (Å²) >= 11 is 0. The second kappa shape index (κ2) is 7.49. The number of halogens is 6. The van der Waals surface area contributed by atoms with Crippen molar-refractivity contribution >= 4 is 20.2 Å². The van der Waals surface area contributed by atoms with Crippen molar-refractivity contribution in [1.82, 2.24) is 0 Å². The van der Waals surface area contributed by atoms with Crippen LogP contribution < -0.4 is 103 Å². The standard InChI is InChI=1S/C3H2F6O6S2.2K/c4-2(5,6)1(3(7,8)9,16(10,11)12)17(13,14)15;;/h(H,10,11,12)(H,13,14,15);;/q;2*+1/p-2. The van der Waals surface area contributed by atoms with E-state index in [4.69, 9.17) is 0 Å². The van der Waals surface area contributed by atoms with Gasteiger partial charge in [0.25, 0.3) is 0 Å². The largest absolute Gasteiger partial charge is 1.00 e. The molecule has 0 aliphatic carbocycles. The van der Waals surface area contributed by atoms with Crippen molar-refractivity contribution in [3.05, 3.63) is 0 Å². The van der Waals surface area contributed by atoms with Crippen LogP contribution in [-0.2, 0) is 20.2 Å². The second-order valence-electron chi connectivity index (χ2n) is 2.52. The summed E-state index contributed by atoms with van der Waals surface area (Å²) in [5, 5.41) is 0. The molecular weight excluding hydrogens is 388 g/mol. The van der Waals surface area contributed by atoms with E-state index < -0.39 is 36.7 Å². The van der Waals surface area contributed by atoms with E-state index in [0.29, 0.717) is 0 Å². The summed E-state index contributed by atoms with van der Waals surface area (Å²) in [6.45, 7) is 0. The maximum atomic E-state index is 12.0. The van der Waals surface area contributed by atoms with E-state index in [9.17, 15) is 52.3 Å². The molecule has 0 fully saturated rings. The second-order valence-corrected chi connectivity index (χ2v) is 5.82. The molecule has 0 spiro atoms. The maximum absolute atomic E-state index is 12.0. The summed E-state index contributed by atoms with van der Waals surface area (Å²) in [6, 6.07) is 0. The van der Waals surface area contributed by atoms with Gasteiger partial charge in [-0.3, -0.25) is 0 Å². The van der Waals surface area contributed by atoms with Gasteiger partial charge in [0.1, 0.15) is 20.2 Å². The van der Waals surface area contributed by atoms with Gasteiger partial charge in [0.05, 0.1) is 0 Å². The van der Waals surface area contributed by atoms with E-state index >= 15 is 0 Å². The molecule has 0 saturated carbocycles. The van der Waals surface area contributed by atoms with Crippen molar-refractivity contribution < 1.29 is 155 Å². The summed E-state index contributed by atoms with van der Waals surface area (Å²) in [7, 11) is -15.2. The molecule has 0 N–H and O–H groups in total. The first kappa shape index (κ1) is 26.6. The number of hydrogen-bond donors (Lipinski definition) is 0. The Morgan fingerprint density at radius 2 is 0.789 bits per heavy atom. The molecule has 0 saturated heterocycles. The van der Waals surface area contributed by atoms with Crippen molar-refractivity contribution in [2.45, 2.75) is 16.4 Å². The SMILES string of the molecule is O=S(=O)([O-])C(C(F)(F)F)(C(F)(F)F)S(=O)(=O)[O-].[K+].[K+]. The van der Waals surface area contributed by atoms with E-state index in [2.05, 4.69) is 0 Å². The Kier molecular flexibility index (Phi) is 10.5. The minimum atomic E-state index is -7.60. The van der Waals surface area contributed by atoms with Crippen LogP contribution in [0, 0.1) is 0 Å². The van der Waals surface area contributed by atoms with Crippen molar-refractivity contribution in [3.8, 4) is 0 Å². The van der Waals surface area contributed by atoms with Crippen molar-refractivity contribution in [1.29, 1.82) is 0 Å². The molecule has 6 nitrogen and oxygen atoms in total. The number of alkyl halides is 6. The number of rotatable bonds is 2. The van der Waals surface area contributed by atoms with E-state index in [1.165, 1.54) is 0 Å². The molecule has 0 heterocycles. The molecule has 16 heteroatoms. The van der Waals surface area contributed by atoms with Gasteiger partial charge in [0, 0.05) is 0 Å². The Bertz CT molecular complexity index is 456. The fraction of sp³-hybridized carbons (Fsp3) is 1.00. The molecule has 0 aromatic rings. The minimum Gasteiger partial charge on any atom is -0.746 e. The molecule has 0 aromatic carbocycles. The predicted octanol–water partition coefficient (Wildman–Crippen LogP) is -6.09. The zero-order valence-corrected chi connectivity index (χ0v) is 16.9. The van der Waals surface area contributed by atoms with Gasteiger partial charge in [-0.2, -0.15) is 26.3 Å².